The van der Waals surface area contributed by atoms with Crippen LogP contribution in [0.15, 0.2) is 24.4 Å². The highest BCUT2D eigenvalue weighted by Crippen LogP contribution is 2.26. The van der Waals surface area contributed by atoms with Gasteiger partial charge in [-0.05, 0) is 42.2 Å². The highest BCUT2D eigenvalue weighted by Gasteiger charge is 2.07. The van der Waals surface area contributed by atoms with Crippen LogP contribution in [0.2, 0.25) is 5.02 Å². The normalized spacial score (nSPS) is 11.3. The minimum Gasteiger partial charge on any atom is -0.256 e. The van der Waals surface area contributed by atoms with E-state index in [1.807, 2.05) is 24.4 Å². The van der Waals surface area contributed by atoms with Gasteiger partial charge >= 0.3 is 0 Å². The molecule has 0 aliphatic rings. The van der Waals surface area contributed by atoms with Gasteiger partial charge in [0.2, 0.25) is 0 Å². The summed E-state index contributed by atoms with van der Waals surface area (Å²) in [5, 5.41) is 1.93. The maximum absolute atomic E-state index is 5.99. The van der Waals surface area contributed by atoms with Gasteiger partial charge in [0.1, 0.15) is 0 Å². The van der Waals surface area contributed by atoms with Crippen molar-refractivity contribution >= 4 is 22.5 Å². The molecule has 2 aromatic rings. The number of rotatable bonds is 1. The van der Waals surface area contributed by atoms with Gasteiger partial charge in [-0.15, -0.1) is 0 Å². The summed E-state index contributed by atoms with van der Waals surface area (Å²) in [7, 11) is 0. The topological polar surface area (TPSA) is 12.9 Å². The molecule has 2 heteroatoms. The van der Waals surface area contributed by atoms with E-state index in [1.54, 1.807) is 0 Å². The number of hydrogen-bond donors (Lipinski definition) is 0. The summed E-state index contributed by atoms with van der Waals surface area (Å²) in [6, 6.07) is 5.84. The molecule has 15 heavy (non-hydrogen) atoms. The lowest BCUT2D eigenvalue weighted by molar-refractivity contribution is 0.852. The van der Waals surface area contributed by atoms with Gasteiger partial charge in [-0.1, -0.05) is 25.4 Å². The molecule has 1 nitrogen and oxygen atoms in total. The monoisotopic (exact) mass is 219 g/mol. The highest BCUT2D eigenvalue weighted by molar-refractivity contribution is 6.31. The number of aromatic nitrogens is 1. The summed E-state index contributed by atoms with van der Waals surface area (Å²) in [5.74, 6) is 0.501. The Balaban J connectivity index is 2.77. The van der Waals surface area contributed by atoms with Crippen LogP contribution in [0.1, 0.15) is 30.9 Å². The van der Waals surface area contributed by atoms with Crippen LogP contribution in [0.5, 0.6) is 0 Å². The third-order valence-electron chi connectivity index (χ3n) is 2.76. The van der Waals surface area contributed by atoms with Gasteiger partial charge in [-0.3, -0.25) is 4.98 Å². The van der Waals surface area contributed by atoms with E-state index >= 15 is 0 Å². The van der Waals surface area contributed by atoms with E-state index in [0.29, 0.717) is 5.92 Å². The van der Waals surface area contributed by atoms with Gasteiger partial charge in [0.15, 0.2) is 0 Å². The molecule has 0 N–H and O–H groups in total. The van der Waals surface area contributed by atoms with Crippen LogP contribution in [0.3, 0.4) is 0 Å². The zero-order chi connectivity index (χ0) is 11.0. The molecule has 0 spiro atoms. The van der Waals surface area contributed by atoms with Crippen LogP contribution in [0.25, 0.3) is 10.9 Å². The minimum absolute atomic E-state index is 0.501. The van der Waals surface area contributed by atoms with Crippen molar-refractivity contribution in [2.75, 3.05) is 0 Å². The summed E-state index contributed by atoms with van der Waals surface area (Å²) in [5.41, 5.74) is 3.60. The van der Waals surface area contributed by atoms with Crippen LogP contribution >= 0.6 is 11.6 Å². The fourth-order valence-corrected chi connectivity index (χ4v) is 2.07. The Bertz CT molecular complexity index is 503. The van der Waals surface area contributed by atoms with Crippen molar-refractivity contribution in [2.45, 2.75) is 26.7 Å². The molecule has 0 unspecified atom stereocenters. The number of halogens is 1. The third kappa shape index (κ3) is 1.84. The fourth-order valence-electron chi connectivity index (χ4n) is 1.89. The summed E-state index contributed by atoms with van der Waals surface area (Å²) < 4.78 is 0. The molecule has 1 heterocycles. The lowest BCUT2D eigenvalue weighted by Gasteiger charge is -2.11. The molecular formula is C13H14ClN. The minimum atomic E-state index is 0.501. The maximum atomic E-state index is 5.99. The van der Waals surface area contributed by atoms with Crippen LogP contribution in [-0.2, 0) is 0 Å². The van der Waals surface area contributed by atoms with Crippen LogP contribution in [0.4, 0.5) is 0 Å². The number of hydrogen-bond acceptors (Lipinski definition) is 1. The fraction of sp³-hybridized carbons (Fsp3) is 0.308. The Kier molecular flexibility index (Phi) is 2.66. The molecule has 0 radical (unpaired) electrons. The summed E-state index contributed by atoms with van der Waals surface area (Å²) in [6.45, 7) is 6.50. The van der Waals surface area contributed by atoms with Gasteiger partial charge in [0.25, 0.3) is 0 Å². The van der Waals surface area contributed by atoms with E-state index < -0.39 is 0 Å². The average Bonchev–Trinajstić information content (AvgIpc) is 2.19. The molecule has 1 aromatic heterocycles. The Labute approximate surface area is 95.1 Å². The zero-order valence-electron chi connectivity index (χ0n) is 9.21. The molecule has 0 aliphatic heterocycles. The average molecular weight is 220 g/mol. The van der Waals surface area contributed by atoms with Crippen molar-refractivity contribution in [1.29, 1.82) is 0 Å². The summed E-state index contributed by atoms with van der Waals surface area (Å²) in [6.07, 6.45) is 1.97. The Morgan fingerprint density at radius 2 is 2.00 bits per heavy atom. The highest BCUT2D eigenvalue weighted by atomic mass is 35.5. The maximum Gasteiger partial charge on any atom is 0.0705 e. The summed E-state index contributed by atoms with van der Waals surface area (Å²) >= 11 is 5.99. The molecule has 78 valence electrons. The van der Waals surface area contributed by atoms with E-state index in [2.05, 4.69) is 25.8 Å². The second-order valence-corrected chi connectivity index (χ2v) is 4.59. The van der Waals surface area contributed by atoms with Crippen molar-refractivity contribution < 1.29 is 0 Å². The van der Waals surface area contributed by atoms with Crippen molar-refractivity contribution in [1.82, 2.24) is 4.98 Å². The molecule has 0 saturated heterocycles. The van der Waals surface area contributed by atoms with Crippen LogP contribution in [0, 0.1) is 6.92 Å². The van der Waals surface area contributed by atoms with E-state index in [9.17, 15) is 0 Å². The molecule has 0 fully saturated rings. The van der Waals surface area contributed by atoms with Crippen molar-refractivity contribution in [3.63, 3.8) is 0 Å². The van der Waals surface area contributed by atoms with Gasteiger partial charge < -0.3 is 0 Å². The van der Waals surface area contributed by atoms with Crippen molar-refractivity contribution in [3.8, 4) is 0 Å². The quantitative estimate of drug-likeness (QED) is 0.696. The smallest absolute Gasteiger partial charge is 0.0705 e. The molecule has 0 amide bonds. The molecule has 0 atom stereocenters. The zero-order valence-corrected chi connectivity index (χ0v) is 9.97. The molecule has 0 saturated carbocycles. The molecule has 0 bridgehead atoms. The lowest BCUT2D eigenvalue weighted by Crippen LogP contribution is -1.95. The predicted molar refractivity (Wildman–Crippen MR) is 65.6 cm³/mol. The first-order chi connectivity index (χ1) is 7.09. The van der Waals surface area contributed by atoms with Crippen LogP contribution in [-0.4, -0.2) is 4.98 Å². The van der Waals surface area contributed by atoms with E-state index in [1.165, 1.54) is 11.1 Å². The Morgan fingerprint density at radius 1 is 1.27 bits per heavy atom. The summed E-state index contributed by atoms with van der Waals surface area (Å²) in [4.78, 5) is 4.45. The SMILES string of the molecule is Cc1c(C(C)C)cnc2ccc(Cl)cc12. The number of benzene rings is 1. The van der Waals surface area contributed by atoms with Crippen molar-refractivity contribution in [2.24, 2.45) is 0 Å². The predicted octanol–water partition coefficient (Wildman–Crippen LogP) is 4.32. The van der Waals surface area contributed by atoms with Crippen molar-refractivity contribution in [3.05, 3.63) is 40.5 Å². The Morgan fingerprint density at radius 3 is 2.67 bits per heavy atom. The largest absolute Gasteiger partial charge is 0.256 e. The van der Waals surface area contributed by atoms with E-state index in [4.69, 9.17) is 11.6 Å². The van der Waals surface area contributed by atoms with Crippen LogP contribution < -0.4 is 0 Å². The Hall–Kier alpha value is -1.08. The van der Waals surface area contributed by atoms with Gasteiger partial charge in [-0.2, -0.15) is 0 Å². The van der Waals surface area contributed by atoms with Gasteiger partial charge in [0.05, 0.1) is 5.52 Å². The first-order valence-electron chi connectivity index (χ1n) is 5.14. The standard InChI is InChI=1S/C13H14ClN/c1-8(2)12-7-15-13-5-4-10(14)6-11(13)9(12)3/h4-8H,1-3H3. The molecular weight excluding hydrogens is 206 g/mol. The second-order valence-electron chi connectivity index (χ2n) is 4.15. The third-order valence-corrected chi connectivity index (χ3v) is 3.00. The van der Waals surface area contributed by atoms with E-state index in [0.717, 1.165) is 15.9 Å². The van der Waals surface area contributed by atoms with Gasteiger partial charge in [-0.25, -0.2) is 0 Å². The second kappa shape index (κ2) is 3.82. The number of pyridine rings is 1. The first-order valence-corrected chi connectivity index (χ1v) is 5.52. The molecule has 2 rings (SSSR count). The van der Waals surface area contributed by atoms with E-state index in [-0.39, 0.29) is 0 Å². The number of aryl methyl sites for hydroxylation is 1. The van der Waals surface area contributed by atoms with Gasteiger partial charge in [0, 0.05) is 16.6 Å². The number of fused-ring (bicyclic) bond motifs is 1. The first kappa shape index (κ1) is 10.4. The lowest BCUT2D eigenvalue weighted by atomic mass is 9.97. The molecule has 0 aliphatic carbocycles. The number of nitrogens with zero attached hydrogens (tertiary/aromatic N) is 1. The molecule has 1 aromatic carbocycles.